The quantitative estimate of drug-likeness (QED) is 0.882. The standard InChI is InChI=1S/C15H14F3N/c1-10(11-5-2-3-6-13(11)16)19-9-12-14(17)7-4-8-15(12)18/h2-8,10,19H,9H2,1H3/t10-/m1/s1. The van der Waals surface area contributed by atoms with Crippen LogP contribution in [0.1, 0.15) is 24.1 Å². The zero-order valence-electron chi connectivity index (χ0n) is 10.5. The van der Waals surface area contributed by atoms with Crippen LogP contribution in [-0.2, 0) is 6.54 Å². The Morgan fingerprint density at radius 1 is 0.895 bits per heavy atom. The number of hydrogen-bond acceptors (Lipinski definition) is 1. The average Bonchev–Trinajstić information content (AvgIpc) is 2.38. The van der Waals surface area contributed by atoms with Crippen LogP contribution >= 0.6 is 0 Å². The molecule has 1 atom stereocenters. The minimum absolute atomic E-state index is 0.00794. The van der Waals surface area contributed by atoms with Gasteiger partial charge in [0.25, 0.3) is 0 Å². The lowest BCUT2D eigenvalue weighted by Crippen LogP contribution is -2.20. The lowest BCUT2D eigenvalue weighted by molar-refractivity contribution is 0.494. The predicted molar refractivity (Wildman–Crippen MR) is 68.0 cm³/mol. The van der Waals surface area contributed by atoms with Gasteiger partial charge in [-0.3, -0.25) is 0 Å². The van der Waals surface area contributed by atoms with Crippen molar-refractivity contribution >= 4 is 0 Å². The second-order valence-electron chi connectivity index (χ2n) is 4.32. The Morgan fingerprint density at radius 2 is 1.47 bits per heavy atom. The van der Waals surface area contributed by atoms with Gasteiger partial charge in [-0.05, 0) is 25.1 Å². The van der Waals surface area contributed by atoms with Crippen LogP contribution < -0.4 is 5.32 Å². The topological polar surface area (TPSA) is 12.0 Å². The van der Waals surface area contributed by atoms with Crippen LogP contribution in [0.4, 0.5) is 13.2 Å². The van der Waals surface area contributed by atoms with E-state index in [1.54, 1.807) is 25.1 Å². The first kappa shape index (κ1) is 13.6. The van der Waals surface area contributed by atoms with E-state index in [2.05, 4.69) is 5.32 Å². The van der Waals surface area contributed by atoms with Crippen LogP contribution in [-0.4, -0.2) is 0 Å². The van der Waals surface area contributed by atoms with E-state index in [1.807, 2.05) is 0 Å². The minimum Gasteiger partial charge on any atom is -0.306 e. The highest BCUT2D eigenvalue weighted by Gasteiger charge is 2.12. The Bertz CT molecular complexity index is 549. The molecule has 0 saturated heterocycles. The van der Waals surface area contributed by atoms with E-state index < -0.39 is 11.6 Å². The maximum absolute atomic E-state index is 13.5. The van der Waals surface area contributed by atoms with E-state index in [1.165, 1.54) is 24.3 Å². The summed E-state index contributed by atoms with van der Waals surface area (Å²) in [5.74, 6) is -1.54. The highest BCUT2D eigenvalue weighted by molar-refractivity contribution is 5.22. The van der Waals surface area contributed by atoms with Gasteiger partial charge in [-0.1, -0.05) is 24.3 Å². The van der Waals surface area contributed by atoms with Crippen LogP contribution in [0.3, 0.4) is 0 Å². The van der Waals surface area contributed by atoms with Crippen LogP contribution in [0.5, 0.6) is 0 Å². The molecule has 0 unspecified atom stereocenters. The molecule has 0 spiro atoms. The molecule has 1 nitrogen and oxygen atoms in total. The number of halogens is 3. The van der Waals surface area contributed by atoms with E-state index in [0.29, 0.717) is 5.56 Å². The number of hydrogen-bond donors (Lipinski definition) is 1. The van der Waals surface area contributed by atoms with E-state index >= 15 is 0 Å². The van der Waals surface area contributed by atoms with Gasteiger partial charge in [-0.15, -0.1) is 0 Å². The molecular formula is C15H14F3N. The van der Waals surface area contributed by atoms with Gasteiger partial charge in [0.1, 0.15) is 17.5 Å². The Morgan fingerprint density at radius 3 is 2.11 bits per heavy atom. The molecule has 2 aromatic rings. The molecule has 0 aliphatic rings. The van der Waals surface area contributed by atoms with E-state index in [0.717, 1.165) is 0 Å². The molecule has 0 aliphatic heterocycles. The first-order valence-corrected chi connectivity index (χ1v) is 6.00. The number of rotatable bonds is 4. The largest absolute Gasteiger partial charge is 0.306 e. The molecule has 0 saturated carbocycles. The van der Waals surface area contributed by atoms with Gasteiger partial charge < -0.3 is 5.32 Å². The van der Waals surface area contributed by atoms with Crippen molar-refractivity contribution in [3.8, 4) is 0 Å². The molecule has 100 valence electrons. The van der Waals surface area contributed by atoms with Gasteiger partial charge in [-0.2, -0.15) is 0 Å². The van der Waals surface area contributed by atoms with Crippen molar-refractivity contribution in [2.24, 2.45) is 0 Å². The Kier molecular flexibility index (Phi) is 4.22. The number of nitrogens with one attached hydrogen (secondary N) is 1. The maximum Gasteiger partial charge on any atom is 0.130 e. The fraction of sp³-hybridized carbons (Fsp3) is 0.200. The van der Waals surface area contributed by atoms with E-state index in [-0.39, 0.29) is 24.0 Å². The highest BCUT2D eigenvalue weighted by atomic mass is 19.1. The van der Waals surface area contributed by atoms with Gasteiger partial charge in [0.2, 0.25) is 0 Å². The molecule has 0 aliphatic carbocycles. The smallest absolute Gasteiger partial charge is 0.130 e. The predicted octanol–water partition coefficient (Wildman–Crippen LogP) is 3.95. The summed E-state index contributed by atoms with van der Waals surface area (Å²) in [4.78, 5) is 0. The van der Waals surface area contributed by atoms with Gasteiger partial charge in [-0.25, -0.2) is 13.2 Å². The molecule has 0 aromatic heterocycles. The first-order valence-electron chi connectivity index (χ1n) is 6.00. The third kappa shape index (κ3) is 3.15. The van der Waals surface area contributed by atoms with Crippen molar-refractivity contribution < 1.29 is 13.2 Å². The zero-order valence-corrected chi connectivity index (χ0v) is 10.5. The molecule has 1 N–H and O–H groups in total. The summed E-state index contributed by atoms with van der Waals surface area (Å²) < 4.78 is 40.4. The third-order valence-corrected chi connectivity index (χ3v) is 3.02. The van der Waals surface area contributed by atoms with Gasteiger partial charge in [0, 0.05) is 23.7 Å². The molecular weight excluding hydrogens is 251 g/mol. The second kappa shape index (κ2) is 5.89. The molecule has 0 amide bonds. The van der Waals surface area contributed by atoms with Crippen molar-refractivity contribution in [2.45, 2.75) is 19.5 Å². The van der Waals surface area contributed by atoms with Crippen molar-refractivity contribution in [3.05, 3.63) is 71.0 Å². The molecule has 0 fully saturated rings. The minimum atomic E-state index is -0.603. The molecule has 2 rings (SSSR count). The second-order valence-corrected chi connectivity index (χ2v) is 4.32. The van der Waals surface area contributed by atoms with E-state index in [9.17, 15) is 13.2 Å². The van der Waals surface area contributed by atoms with Crippen LogP contribution in [0.25, 0.3) is 0 Å². The maximum atomic E-state index is 13.5. The lowest BCUT2D eigenvalue weighted by atomic mass is 10.1. The first-order chi connectivity index (χ1) is 9.09. The summed E-state index contributed by atoms with van der Waals surface area (Å²) in [6, 6.07) is 9.71. The van der Waals surface area contributed by atoms with Gasteiger partial charge >= 0.3 is 0 Å². The normalized spacial score (nSPS) is 12.4. The van der Waals surface area contributed by atoms with E-state index in [4.69, 9.17) is 0 Å². The molecule has 0 bridgehead atoms. The van der Waals surface area contributed by atoms with Crippen molar-refractivity contribution in [1.29, 1.82) is 0 Å². The Balaban J connectivity index is 2.09. The molecule has 2 aromatic carbocycles. The fourth-order valence-electron chi connectivity index (χ4n) is 1.89. The summed E-state index contributed by atoms with van der Waals surface area (Å²) in [6.45, 7) is 1.76. The Hall–Kier alpha value is -1.81. The summed E-state index contributed by atoms with van der Waals surface area (Å²) in [6.07, 6.45) is 0. The third-order valence-electron chi connectivity index (χ3n) is 3.02. The Labute approximate surface area is 110 Å². The fourth-order valence-corrected chi connectivity index (χ4v) is 1.89. The highest BCUT2D eigenvalue weighted by Crippen LogP contribution is 2.18. The van der Waals surface area contributed by atoms with Gasteiger partial charge in [0.15, 0.2) is 0 Å². The molecule has 4 heteroatoms. The molecule has 0 radical (unpaired) electrons. The van der Waals surface area contributed by atoms with Crippen LogP contribution in [0, 0.1) is 17.5 Å². The van der Waals surface area contributed by atoms with Crippen LogP contribution in [0.2, 0.25) is 0 Å². The SMILES string of the molecule is C[C@@H](NCc1c(F)cccc1F)c1ccccc1F. The van der Waals surface area contributed by atoms with Gasteiger partial charge in [0.05, 0.1) is 0 Å². The molecule has 19 heavy (non-hydrogen) atoms. The summed E-state index contributed by atoms with van der Waals surface area (Å²) in [7, 11) is 0. The summed E-state index contributed by atoms with van der Waals surface area (Å²) in [5, 5.41) is 2.92. The van der Waals surface area contributed by atoms with Crippen LogP contribution in [0.15, 0.2) is 42.5 Å². The van der Waals surface area contributed by atoms with Crippen molar-refractivity contribution in [2.75, 3.05) is 0 Å². The zero-order chi connectivity index (χ0) is 13.8. The average molecular weight is 265 g/mol. The summed E-state index contributed by atoms with van der Waals surface area (Å²) >= 11 is 0. The number of benzene rings is 2. The molecule has 0 heterocycles. The lowest BCUT2D eigenvalue weighted by Gasteiger charge is -2.15. The van der Waals surface area contributed by atoms with Crippen molar-refractivity contribution in [3.63, 3.8) is 0 Å². The van der Waals surface area contributed by atoms with Crippen molar-refractivity contribution in [1.82, 2.24) is 5.32 Å². The monoisotopic (exact) mass is 265 g/mol. The summed E-state index contributed by atoms with van der Waals surface area (Å²) in [5.41, 5.74) is 0.435.